The minimum Gasteiger partial charge on any atom is -0.435 e. The van der Waals surface area contributed by atoms with Crippen LogP contribution in [0.25, 0.3) is 0 Å². The van der Waals surface area contributed by atoms with E-state index in [0.717, 1.165) is 11.1 Å². The molecule has 0 radical (unpaired) electrons. The minimum atomic E-state index is -2.92. The summed E-state index contributed by atoms with van der Waals surface area (Å²) in [5, 5.41) is 2.78. The van der Waals surface area contributed by atoms with E-state index in [1.54, 1.807) is 6.07 Å². The van der Waals surface area contributed by atoms with E-state index in [2.05, 4.69) is 10.1 Å². The number of carbonyl (C=O) groups is 2. The van der Waals surface area contributed by atoms with Gasteiger partial charge in [-0.3, -0.25) is 9.59 Å². The van der Waals surface area contributed by atoms with Crippen molar-refractivity contribution < 1.29 is 23.1 Å². The lowest BCUT2D eigenvalue weighted by Crippen LogP contribution is -2.35. The van der Waals surface area contributed by atoms with E-state index in [1.165, 1.54) is 36.2 Å². The van der Waals surface area contributed by atoms with Crippen LogP contribution in [0.3, 0.4) is 0 Å². The largest absolute Gasteiger partial charge is 0.435 e. The van der Waals surface area contributed by atoms with E-state index in [-0.39, 0.29) is 23.8 Å². The Labute approximate surface area is 150 Å². The third kappa shape index (κ3) is 5.02. The van der Waals surface area contributed by atoms with Crippen molar-refractivity contribution in [3.8, 4) is 5.75 Å². The average molecular weight is 362 g/mol. The van der Waals surface area contributed by atoms with E-state index >= 15 is 0 Å². The fraction of sp³-hybridized carbons (Fsp3) is 0.263. The number of aryl methyl sites for hydroxylation is 1. The zero-order valence-corrected chi connectivity index (χ0v) is 14.8. The van der Waals surface area contributed by atoms with Crippen LogP contribution in [-0.4, -0.2) is 36.9 Å². The molecule has 2 aromatic rings. The van der Waals surface area contributed by atoms with E-state index in [1.807, 2.05) is 26.0 Å². The van der Waals surface area contributed by atoms with E-state index < -0.39 is 12.5 Å². The highest BCUT2D eigenvalue weighted by Gasteiger charge is 2.16. The second-order valence-electron chi connectivity index (χ2n) is 5.86. The van der Waals surface area contributed by atoms with Gasteiger partial charge in [-0.05, 0) is 55.3 Å². The van der Waals surface area contributed by atoms with Crippen molar-refractivity contribution in [3.05, 3.63) is 59.2 Å². The van der Waals surface area contributed by atoms with Crippen LogP contribution in [0.2, 0.25) is 0 Å². The van der Waals surface area contributed by atoms with Crippen LogP contribution >= 0.6 is 0 Å². The first-order chi connectivity index (χ1) is 12.3. The Morgan fingerprint density at radius 3 is 2.38 bits per heavy atom. The third-order valence-electron chi connectivity index (χ3n) is 3.93. The second-order valence-corrected chi connectivity index (χ2v) is 5.86. The first kappa shape index (κ1) is 19.4. The van der Waals surface area contributed by atoms with Gasteiger partial charge in [0.25, 0.3) is 5.91 Å². The van der Waals surface area contributed by atoms with Gasteiger partial charge in [-0.25, -0.2) is 0 Å². The van der Waals surface area contributed by atoms with Crippen LogP contribution in [-0.2, 0) is 4.79 Å². The van der Waals surface area contributed by atoms with Gasteiger partial charge in [0.2, 0.25) is 5.91 Å². The lowest BCUT2D eigenvalue weighted by Gasteiger charge is -2.18. The molecule has 0 saturated carbocycles. The molecule has 0 aromatic heterocycles. The van der Waals surface area contributed by atoms with Crippen molar-refractivity contribution in [3.63, 3.8) is 0 Å². The smallest absolute Gasteiger partial charge is 0.387 e. The maximum atomic E-state index is 12.3. The summed E-state index contributed by atoms with van der Waals surface area (Å²) in [6.07, 6.45) is 0. The van der Waals surface area contributed by atoms with Crippen molar-refractivity contribution in [1.82, 2.24) is 4.90 Å². The summed E-state index contributed by atoms with van der Waals surface area (Å²) in [6, 6.07) is 10.9. The number of hydrogen-bond donors (Lipinski definition) is 1. The molecule has 0 unspecified atom stereocenters. The zero-order chi connectivity index (χ0) is 19.3. The molecule has 138 valence electrons. The van der Waals surface area contributed by atoms with Crippen LogP contribution in [0, 0.1) is 13.8 Å². The van der Waals surface area contributed by atoms with Crippen LogP contribution in [0.15, 0.2) is 42.5 Å². The topological polar surface area (TPSA) is 58.6 Å². The van der Waals surface area contributed by atoms with Gasteiger partial charge in [-0.2, -0.15) is 8.78 Å². The van der Waals surface area contributed by atoms with Crippen molar-refractivity contribution in [2.24, 2.45) is 0 Å². The molecule has 26 heavy (non-hydrogen) atoms. The zero-order valence-electron chi connectivity index (χ0n) is 14.8. The Morgan fingerprint density at radius 2 is 1.77 bits per heavy atom. The molecule has 2 rings (SSSR count). The third-order valence-corrected chi connectivity index (χ3v) is 3.93. The molecule has 0 fully saturated rings. The highest BCUT2D eigenvalue weighted by atomic mass is 19.3. The maximum Gasteiger partial charge on any atom is 0.387 e. The molecule has 2 amide bonds. The Balaban J connectivity index is 1.97. The molecular formula is C19H20F2N2O3. The highest BCUT2D eigenvalue weighted by molar-refractivity contribution is 5.99. The molecule has 5 nitrogen and oxygen atoms in total. The normalized spacial score (nSPS) is 10.5. The Bertz CT molecular complexity index is 792. The summed E-state index contributed by atoms with van der Waals surface area (Å²) in [5.41, 5.74) is 2.99. The summed E-state index contributed by atoms with van der Waals surface area (Å²) in [4.78, 5) is 25.8. The first-order valence-corrected chi connectivity index (χ1v) is 7.94. The van der Waals surface area contributed by atoms with Crippen molar-refractivity contribution in [1.29, 1.82) is 0 Å². The molecule has 0 atom stereocenters. The van der Waals surface area contributed by atoms with Gasteiger partial charge in [-0.15, -0.1) is 0 Å². The summed E-state index contributed by atoms with van der Waals surface area (Å²) in [5.74, 6) is -0.760. The molecule has 0 aliphatic rings. The van der Waals surface area contributed by atoms with Gasteiger partial charge in [0.15, 0.2) is 0 Å². The average Bonchev–Trinajstić information content (AvgIpc) is 2.58. The van der Waals surface area contributed by atoms with Crippen molar-refractivity contribution >= 4 is 17.5 Å². The number of likely N-dealkylation sites (N-methyl/N-ethyl adjacent to an activating group) is 1. The van der Waals surface area contributed by atoms with Gasteiger partial charge in [0.1, 0.15) is 5.75 Å². The maximum absolute atomic E-state index is 12.3. The number of ether oxygens (including phenoxy) is 1. The minimum absolute atomic E-state index is 0.0353. The molecule has 2 aromatic carbocycles. The number of nitrogens with zero attached hydrogens (tertiary/aromatic N) is 1. The lowest BCUT2D eigenvalue weighted by molar-refractivity contribution is -0.116. The van der Waals surface area contributed by atoms with E-state index in [4.69, 9.17) is 0 Å². The van der Waals surface area contributed by atoms with E-state index in [0.29, 0.717) is 5.69 Å². The number of hydrogen-bond acceptors (Lipinski definition) is 3. The highest BCUT2D eigenvalue weighted by Crippen LogP contribution is 2.18. The standard InChI is InChI=1S/C19H20F2N2O3/c1-12-5-4-6-16(13(12)2)22-17(24)11-23(3)18(25)14-7-9-15(10-8-14)26-19(20)21/h4-10,19H,11H2,1-3H3,(H,22,24). The molecule has 7 heteroatoms. The van der Waals surface area contributed by atoms with Crippen molar-refractivity contribution in [2.45, 2.75) is 20.5 Å². The molecular weight excluding hydrogens is 342 g/mol. The summed E-state index contributed by atoms with van der Waals surface area (Å²) < 4.78 is 28.5. The fourth-order valence-electron chi connectivity index (χ4n) is 2.36. The number of alkyl halides is 2. The SMILES string of the molecule is Cc1cccc(NC(=O)CN(C)C(=O)c2ccc(OC(F)F)cc2)c1C. The van der Waals surface area contributed by atoms with Gasteiger partial charge < -0.3 is 15.0 Å². The number of anilines is 1. The molecule has 0 aliphatic carbocycles. The quantitative estimate of drug-likeness (QED) is 0.854. The molecule has 0 spiro atoms. The van der Waals surface area contributed by atoms with Crippen molar-refractivity contribution in [2.75, 3.05) is 18.9 Å². The number of carbonyl (C=O) groups excluding carboxylic acids is 2. The molecule has 1 N–H and O–H groups in total. The number of amides is 2. The van der Waals surface area contributed by atoms with Gasteiger partial charge >= 0.3 is 6.61 Å². The molecule has 0 aliphatic heterocycles. The van der Waals surface area contributed by atoms with Crippen LogP contribution in [0.1, 0.15) is 21.5 Å². The fourth-order valence-corrected chi connectivity index (χ4v) is 2.36. The lowest BCUT2D eigenvalue weighted by atomic mass is 10.1. The summed E-state index contributed by atoms with van der Waals surface area (Å²) >= 11 is 0. The van der Waals surface area contributed by atoms with E-state index in [9.17, 15) is 18.4 Å². The predicted octanol–water partition coefficient (Wildman–Crippen LogP) is 3.62. The van der Waals surface area contributed by atoms with Gasteiger partial charge in [-0.1, -0.05) is 12.1 Å². The summed E-state index contributed by atoms with van der Waals surface area (Å²) in [7, 11) is 1.49. The number of halogens is 2. The predicted molar refractivity (Wildman–Crippen MR) is 94.6 cm³/mol. The van der Waals surface area contributed by atoms with Crippen LogP contribution in [0.5, 0.6) is 5.75 Å². The molecule has 0 heterocycles. The number of rotatable bonds is 6. The van der Waals surface area contributed by atoms with Gasteiger partial charge in [0, 0.05) is 18.3 Å². The molecule has 0 saturated heterocycles. The Morgan fingerprint density at radius 1 is 1.12 bits per heavy atom. The monoisotopic (exact) mass is 362 g/mol. The molecule has 0 bridgehead atoms. The number of nitrogens with one attached hydrogen (secondary N) is 1. The Hall–Kier alpha value is -2.96. The summed E-state index contributed by atoms with van der Waals surface area (Å²) in [6.45, 7) is 0.792. The first-order valence-electron chi connectivity index (χ1n) is 7.94. The Kier molecular flexibility index (Phi) is 6.27. The van der Waals surface area contributed by atoms with Gasteiger partial charge in [0.05, 0.1) is 6.54 Å². The van der Waals surface area contributed by atoms with Crippen LogP contribution < -0.4 is 10.1 Å². The second kappa shape index (κ2) is 8.42. The van der Waals surface area contributed by atoms with Crippen LogP contribution in [0.4, 0.5) is 14.5 Å². The number of benzene rings is 2.